The number of benzene rings is 1. The molecule has 0 spiro atoms. The number of likely N-dealkylation sites (tertiary alicyclic amines) is 1. The molecule has 4 heterocycles. The number of halogens is 1. The Morgan fingerprint density at radius 3 is 2.45 bits per heavy atom. The maximum Gasteiger partial charge on any atom is 0.274 e. The van der Waals surface area contributed by atoms with Gasteiger partial charge in [0.1, 0.15) is 17.2 Å². The van der Waals surface area contributed by atoms with Gasteiger partial charge in [-0.2, -0.15) is 0 Å². The van der Waals surface area contributed by atoms with Gasteiger partial charge >= 0.3 is 0 Å². The van der Waals surface area contributed by atoms with Crippen molar-refractivity contribution in [1.29, 1.82) is 0 Å². The number of piperidine rings is 1. The summed E-state index contributed by atoms with van der Waals surface area (Å²) in [6.07, 6.45) is 7.62. The standard InChI is InChI=1S/C23H27FN6O/c1-27-9-6-19(7-10-27)28-12-14-29(15-13-28)23(31)20-16-30-11-8-25-21(22(30)26-20)17-2-4-18(24)5-3-17/h2-5,8,11,16,19H,6-7,9-10,12-15H2,1H3. The van der Waals surface area contributed by atoms with E-state index >= 15 is 0 Å². The van der Waals surface area contributed by atoms with Gasteiger partial charge in [0.15, 0.2) is 5.65 Å². The highest BCUT2D eigenvalue weighted by Gasteiger charge is 2.29. The van der Waals surface area contributed by atoms with Crippen LogP contribution < -0.4 is 0 Å². The molecule has 162 valence electrons. The molecule has 0 unspecified atom stereocenters. The summed E-state index contributed by atoms with van der Waals surface area (Å²) in [7, 11) is 2.18. The number of amides is 1. The van der Waals surface area contributed by atoms with Crippen LogP contribution >= 0.6 is 0 Å². The SMILES string of the molecule is CN1CCC(N2CCN(C(=O)c3cn4ccnc(-c5ccc(F)cc5)c4n3)CC2)CC1. The van der Waals surface area contributed by atoms with Crippen LogP contribution in [0.4, 0.5) is 4.39 Å². The highest BCUT2D eigenvalue weighted by molar-refractivity contribution is 5.93. The van der Waals surface area contributed by atoms with Crippen LogP contribution in [0.2, 0.25) is 0 Å². The van der Waals surface area contributed by atoms with Crippen LogP contribution in [0, 0.1) is 5.82 Å². The zero-order chi connectivity index (χ0) is 21.4. The van der Waals surface area contributed by atoms with Gasteiger partial charge in [0.05, 0.1) is 0 Å². The Balaban J connectivity index is 1.30. The first-order chi connectivity index (χ1) is 15.1. The number of piperazine rings is 1. The summed E-state index contributed by atoms with van der Waals surface area (Å²) < 4.78 is 15.1. The lowest BCUT2D eigenvalue weighted by molar-refractivity contribution is 0.0471. The smallest absolute Gasteiger partial charge is 0.274 e. The van der Waals surface area contributed by atoms with E-state index in [0.29, 0.717) is 23.1 Å². The van der Waals surface area contributed by atoms with Gasteiger partial charge in [-0.15, -0.1) is 0 Å². The number of fused-ring (bicyclic) bond motifs is 1. The molecule has 0 saturated carbocycles. The fraction of sp³-hybridized carbons (Fsp3) is 0.435. The molecular weight excluding hydrogens is 395 g/mol. The van der Waals surface area contributed by atoms with Crippen LogP contribution in [0.15, 0.2) is 42.9 Å². The predicted molar refractivity (Wildman–Crippen MR) is 116 cm³/mol. The first-order valence-electron chi connectivity index (χ1n) is 10.9. The van der Waals surface area contributed by atoms with Crippen molar-refractivity contribution in [2.75, 3.05) is 46.3 Å². The summed E-state index contributed by atoms with van der Waals surface area (Å²) in [5.74, 6) is -0.342. The summed E-state index contributed by atoms with van der Waals surface area (Å²) in [6.45, 7) is 5.57. The Morgan fingerprint density at radius 1 is 1.03 bits per heavy atom. The minimum Gasteiger partial charge on any atom is -0.335 e. The molecule has 0 aliphatic carbocycles. The van der Waals surface area contributed by atoms with E-state index in [-0.39, 0.29) is 11.7 Å². The molecule has 3 aromatic rings. The number of hydrogen-bond acceptors (Lipinski definition) is 5. The molecule has 0 bridgehead atoms. The van der Waals surface area contributed by atoms with Crippen molar-refractivity contribution in [3.63, 3.8) is 0 Å². The van der Waals surface area contributed by atoms with Crippen LogP contribution in [0.5, 0.6) is 0 Å². The number of carbonyl (C=O) groups is 1. The van der Waals surface area contributed by atoms with Gasteiger partial charge in [-0.3, -0.25) is 14.7 Å². The number of carbonyl (C=O) groups excluding carboxylic acids is 1. The average molecular weight is 423 g/mol. The Hall–Kier alpha value is -2.84. The number of aromatic nitrogens is 3. The topological polar surface area (TPSA) is 57.0 Å². The molecule has 2 aliphatic rings. The highest BCUT2D eigenvalue weighted by Crippen LogP contribution is 2.23. The van der Waals surface area contributed by atoms with Gasteiger partial charge in [-0.1, -0.05) is 0 Å². The molecule has 0 atom stereocenters. The Kier molecular flexibility index (Phi) is 5.41. The van der Waals surface area contributed by atoms with Gasteiger partial charge in [0, 0.05) is 56.4 Å². The zero-order valence-corrected chi connectivity index (χ0v) is 17.7. The zero-order valence-electron chi connectivity index (χ0n) is 17.7. The molecular formula is C23H27FN6O. The van der Waals surface area contributed by atoms with Crippen molar-refractivity contribution in [1.82, 2.24) is 29.1 Å². The molecule has 0 radical (unpaired) electrons. The van der Waals surface area contributed by atoms with Gasteiger partial charge < -0.3 is 14.2 Å². The Bertz CT molecular complexity index is 1070. The minimum absolute atomic E-state index is 0.0446. The lowest BCUT2D eigenvalue weighted by Gasteiger charge is -2.42. The van der Waals surface area contributed by atoms with Crippen LogP contribution in [0.1, 0.15) is 23.3 Å². The molecule has 1 amide bonds. The Morgan fingerprint density at radius 2 is 1.74 bits per heavy atom. The minimum atomic E-state index is -0.297. The van der Waals surface area contributed by atoms with Crippen molar-refractivity contribution >= 4 is 11.6 Å². The third kappa shape index (κ3) is 4.05. The van der Waals surface area contributed by atoms with Crippen LogP contribution in [0.3, 0.4) is 0 Å². The molecule has 31 heavy (non-hydrogen) atoms. The molecule has 2 fully saturated rings. The van der Waals surface area contributed by atoms with Crippen molar-refractivity contribution < 1.29 is 9.18 Å². The number of nitrogens with zero attached hydrogens (tertiary/aromatic N) is 6. The lowest BCUT2D eigenvalue weighted by Crippen LogP contribution is -2.54. The van der Waals surface area contributed by atoms with Gasteiger partial charge in [0.25, 0.3) is 5.91 Å². The number of hydrogen-bond donors (Lipinski definition) is 0. The van der Waals surface area contributed by atoms with E-state index in [1.807, 2.05) is 9.30 Å². The maximum atomic E-state index is 13.3. The summed E-state index contributed by atoms with van der Waals surface area (Å²) in [6, 6.07) is 6.79. The van der Waals surface area contributed by atoms with Gasteiger partial charge in [-0.05, 0) is 57.2 Å². The molecule has 8 heteroatoms. The third-order valence-corrected chi connectivity index (χ3v) is 6.52. The molecule has 0 N–H and O–H groups in total. The quantitative estimate of drug-likeness (QED) is 0.649. The molecule has 2 saturated heterocycles. The van der Waals surface area contributed by atoms with Crippen LogP contribution in [-0.2, 0) is 0 Å². The van der Waals surface area contributed by atoms with Gasteiger partial charge in [0.2, 0.25) is 0 Å². The molecule has 1 aromatic carbocycles. The summed E-state index contributed by atoms with van der Waals surface area (Å²) in [5, 5.41) is 0. The fourth-order valence-corrected chi connectivity index (χ4v) is 4.65. The molecule has 2 aromatic heterocycles. The molecule has 2 aliphatic heterocycles. The van der Waals surface area contributed by atoms with Crippen molar-refractivity contribution in [2.24, 2.45) is 0 Å². The summed E-state index contributed by atoms with van der Waals surface area (Å²) in [5.41, 5.74) is 2.42. The van der Waals surface area contributed by atoms with Crippen molar-refractivity contribution in [3.05, 3.63) is 54.4 Å². The molecule has 7 nitrogen and oxygen atoms in total. The average Bonchev–Trinajstić information content (AvgIpc) is 3.24. The first-order valence-corrected chi connectivity index (χ1v) is 10.9. The summed E-state index contributed by atoms with van der Waals surface area (Å²) >= 11 is 0. The molecule has 5 rings (SSSR count). The Labute approximate surface area is 181 Å². The van der Waals surface area contributed by atoms with Crippen molar-refractivity contribution in [2.45, 2.75) is 18.9 Å². The normalized spacial score (nSPS) is 19.2. The van der Waals surface area contributed by atoms with E-state index in [2.05, 4.69) is 26.8 Å². The van der Waals surface area contributed by atoms with E-state index in [9.17, 15) is 9.18 Å². The predicted octanol–water partition coefficient (Wildman–Crippen LogP) is 2.39. The highest BCUT2D eigenvalue weighted by atomic mass is 19.1. The van der Waals surface area contributed by atoms with E-state index in [0.717, 1.165) is 44.8 Å². The second kappa shape index (κ2) is 8.36. The number of rotatable bonds is 3. The van der Waals surface area contributed by atoms with Gasteiger partial charge in [-0.25, -0.2) is 9.37 Å². The summed E-state index contributed by atoms with van der Waals surface area (Å²) in [4.78, 5) is 29.0. The van der Waals surface area contributed by atoms with Crippen molar-refractivity contribution in [3.8, 4) is 11.3 Å². The fourth-order valence-electron chi connectivity index (χ4n) is 4.65. The number of imidazole rings is 1. The first kappa shape index (κ1) is 20.1. The van der Waals surface area contributed by atoms with E-state index in [1.54, 1.807) is 30.7 Å². The maximum absolute atomic E-state index is 13.3. The second-order valence-corrected chi connectivity index (χ2v) is 8.50. The van der Waals surface area contributed by atoms with Crippen LogP contribution in [-0.4, -0.2) is 87.3 Å². The van der Waals surface area contributed by atoms with E-state index in [4.69, 9.17) is 0 Å². The van der Waals surface area contributed by atoms with E-state index in [1.165, 1.54) is 25.0 Å². The third-order valence-electron chi connectivity index (χ3n) is 6.52. The van der Waals surface area contributed by atoms with Crippen LogP contribution in [0.25, 0.3) is 16.9 Å². The second-order valence-electron chi connectivity index (χ2n) is 8.50. The lowest BCUT2D eigenvalue weighted by atomic mass is 10.0. The van der Waals surface area contributed by atoms with E-state index < -0.39 is 0 Å². The largest absolute Gasteiger partial charge is 0.335 e. The monoisotopic (exact) mass is 422 g/mol.